The highest BCUT2D eigenvalue weighted by atomic mass is 32.1. The molecule has 3 heterocycles. The van der Waals surface area contributed by atoms with Gasteiger partial charge in [0.1, 0.15) is 4.70 Å². The van der Waals surface area contributed by atoms with E-state index in [4.69, 9.17) is 10.7 Å². The molecule has 4 rings (SSSR count). The van der Waals surface area contributed by atoms with E-state index in [0.29, 0.717) is 5.56 Å². The normalized spacial score (nSPS) is 14.8. The van der Waals surface area contributed by atoms with E-state index >= 15 is 0 Å². The van der Waals surface area contributed by atoms with Gasteiger partial charge in [-0.3, -0.25) is 9.59 Å². The molecule has 0 radical (unpaired) electrons. The van der Waals surface area contributed by atoms with Crippen molar-refractivity contribution in [3.05, 3.63) is 50.3 Å². The van der Waals surface area contributed by atoms with Crippen LogP contribution in [0.2, 0.25) is 0 Å². The van der Waals surface area contributed by atoms with Crippen LogP contribution in [0.4, 0.5) is 10.8 Å². The minimum atomic E-state index is -0.415. The second-order valence-corrected chi connectivity index (χ2v) is 8.09. The number of hydrogen-bond acceptors (Lipinski definition) is 7. The monoisotopic (exact) mass is 386 g/mol. The summed E-state index contributed by atoms with van der Waals surface area (Å²) < 4.78 is 0.844. The molecule has 134 valence electrons. The molecule has 2 N–H and O–H groups in total. The van der Waals surface area contributed by atoms with Crippen LogP contribution in [0, 0.1) is 6.92 Å². The first kappa shape index (κ1) is 17.0. The number of nitrogens with two attached hydrogens (primary N) is 1. The van der Waals surface area contributed by atoms with Crippen molar-refractivity contribution in [2.24, 2.45) is 5.73 Å². The predicted octanol–water partition coefficient (Wildman–Crippen LogP) is 2.45. The lowest BCUT2D eigenvalue weighted by Crippen LogP contribution is -2.46. The van der Waals surface area contributed by atoms with Gasteiger partial charge < -0.3 is 15.5 Å². The Morgan fingerprint density at radius 2 is 1.77 bits per heavy atom. The van der Waals surface area contributed by atoms with Crippen LogP contribution in [-0.2, 0) is 0 Å². The van der Waals surface area contributed by atoms with Gasteiger partial charge in [0, 0.05) is 37.4 Å². The van der Waals surface area contributed by atoms with Crippen molar-refractivity contribution in [3.8, 4) is 0 Å². The molecule has 0 unspecified atom stereocenters. The van der Waals surface area contributed by atoms with Crippen molar-refractivity contribution in [3.63, 3.8) is 0 Å². The smallest absolute Gasteiger partial charge is 0.255 e. The fourth-order valence-corrected chi connectivity index (χ4v) is 4.99. The van der Waals surface area contributed by atoms with Crippen molar-refractivity contribution < 1.29 is 4.79 Å². The lowest BCUT2D eigenvalue weighted by molar-refractivity contribution is 0.100. The van der Waals surface area contributed by atoms with Gasteiger partial charge >= 0.3 is 0 Å². The molecule has 3 aromatic rings. The number of aryl methyl sites for hydroxylation is 1. The fourth-order valence-electron chi connectivity index (χ4n) is 3.10. The zero-order valence-corrected chi connectivity index (χ0v) is 15.9. The highest BCUT2D eigenvalue weighted by Crippen LogP contribution is 2.27. The summed E-state index contributed by atoms with van der Waals surface area (Å²) in [7, 11) is 0. The van der Waals surface area contributed by atoms with Crippen LogP contribution in [0.3, 0.4) is 0 Å². The van der Waals surface area contributed by atoms with Gasteiger partial charge in [0.15, 0.2) is 5.13 Å². The summed E-state index contributed by atoms with van der Waals surface area (Å²) in [5, 5.41) is 2.79. The van der Waals surface area contributed by atoms with Gasteiger partial charge in [0.25, 0.3) is 4.74 Å². The number of fused-ring (bicyclic) bond motifs is 1. The fraction of sp³-hybridized carbons (Fsp3) is 0.278. The van der Waals surface area contributed by atoms with Crippen LogP contribution < -0.4 is 20.3 Å². The molecular formula is C18H18N4O2S2. The first-order chi connectivity index (χ1) is 12.5. The average Bonchev–Trinajstić information content (AvgIpc) is 3.03. The van der Waals surface area contributed by atoms with Crippen LogP contribution in [0.25, 0.3) is 10.2 Å². The third-order valence-corrected chi connectivity index (χ3v) is 6.72. The Hall–Kier alpha value is -2.45. The Balaban J connectivity index is 1.50. The number of aromatic nitrogens is 1. The number of primary amides is 1. The maximum atomic E-state index is 12.3. The Morgan fingerprint density at radius 1 is 1.12 bits per heavy atom. The quantitative estimate of drug-likeness (QED) is 0.748. The summed E-state index contributed by atoms with van der Waals surface area (Å²) in [5.74, 6) is -0.415. The summed E-state index contributed by atoms with van der Waals surface area (Å²) in [6.45, 7) is 5.26. The number of thiophene rings is 1. The van der Waals surface area contributed by atoms with Gasteiger partial charge in [0.05, 0.1) is 5.52 Å². The van der Waals surface area contributed by atoms with Crippen LogP contribution in [0.15, 0.2) is 34.4 Å². The largest absolute Gasteiger partial charge is 0.368 e. The summed E-state index contributed by atoms with van der Waals surface area (Å²) in [4.78, 5) is 32.7. The van der Waals surface area contributed by atoms with Crippen LogP contribution in [0.1, 0.15) is 15.9 Å². The molecule has 0 spiro atoms. The van der Waals surface area contributed by atoms with Gasteiger partial charge in [-0.2, -0.15) is 0 Å². The Labute approximate surface area is 158 Å². The van der Waals surface area contributed by atoms with Crippen molar-refractivity contribution in [1.29, 1.82) is 0 Å². The number of piperazine rings is 1. The molecule has 1 aromatic carbocycles. The molecule has 1 aliphatic heterocycles. The van der Waals surface area contributed by atoms with E-state index in [2.05, 4.69) is 9.80 Å². The van der Waals surface area contributed by atoms with E-state index in [1.165, 1.54) is 22.7 Å². The first-order valence-corrected chi connectivity index (χ1v) is 10.0. The van der Waals surface area contributed by atoms with Gasteiger partial charge in [-0.25, -0.2) is 4.98 Å². The van der Waals surface area contributed by atoms with E-state index in [9.17, 15) is 9.59 Å². The van der Waals surface area contributed by atoms with E-state index in [1.807, 2.05) is 24.4 Å². The molecule has 8 heteroatoms. The molecule has 6 nitrogen and oxygen atoms in total. The third-order valence-electron chi connectivity index (χ3n) is 4.59. The lowest BCUT2D eigenvalue weighted by Gasteiger charge is -2.36. The maximum Gasteiger partial charge on any atom is 0.255 e. The Kier molecular flexibility index (Phi) is 4.37. The first-order valence-electron chi connectivity index (χ1n) is 8.31. The van der Waals surface area contributed by atoms with Gasteiger partial charge in [0.2, 0.25) is 5.91 Å². The number of rotatable bonds is 3. The second kappa shape index (κ2) is 6.69. The molecule has 0 saturated carbocycles. The summed E-state index contributed by atoms with van der Waals surface area (Å²) in [5.41, 5.74) is 8.76. The average molecular weight is 387 g/mol. The number of amides is 1. The summed E-state index contributed by atoms with van der Waals surface area (Å²) >= 11 is 2.70. The Bertz CT molecular complexity index is 1020. The third kappa shape index (κ3) is 3.06. The van der Waals surface area contributed by atoms with Crippen LogP contribution >= 0.6 is 22.7 Å². The zero-order valence-electron chi connectivity index (χ0n) is 14.3. The number of nitrogens with zero attached hydrogens (tertiary/aromatic N) is 3. The molecule has 1 amide bonds. The zero-order chi connectivity index (χ0) is 18.3. The van der Waals surface area contributed by atoms with Crippen molar-refractivity contribution in [2.45, 2.75) is 6.92 Å². The Morgan fingerprint density at radius 3 is 2.42 bits per heavy atom. The molecule has 26 heavy (non-hydrogen) atoms. The van der Waals surface area contributed by atoms with E-state index in [1.54, 1.807) is 12.1 Å². The summed E-state index contributed by atoms with van der Waals surface area (Å²) in [6, 6.07) is 7.36. The van der Waals surface area contributed by atoms with Crippen molar-refractivity contribution >= 4 is 49.6 Å². The topological polar surface area (TPSA) is 79.5 Å². The van der Waals surface area contributed by atoms with Crippen molar-refractivity contribution in [1.82, 2.24) is 4.98 Å². The highest BCUT2D eigenvalue weighted by Gasteiger charge is 2.21. The number of carbonyl (C=O) groups excluding carboxylic acids is 1. The molecule has 1 aliphatic rings. The summed E-state index contributed by atoms with van der Waals surface area (Å²) in [6.07, 6.45) is 0. The SMILES string of the molecule is Cc1csc2c(=O)sc(N3CCN(c4ccc(C(N)=O)cc4)CC3)nc12. The number of carbonyl (C=O) groups is 1. The van der Waals surface area contributed by atoms with Gasteiger partial charge in [-0.15, -0.1) is 11.3 Å². The van der Waals surface area contributed by atoms with Crippen LogP contribution in [0.5, 0.6) is 0 Å². The predicted molar refractivity (Wildman–Crippen MR) is 108 cm³/mol. The molecular weight excluding hydrogens is 368 g/mol. The molecule has 0 aliphatic carbocycles. The maximum absolute atomic E-state index is 12.3. The lowest BCUT2D eigenvalue weighted by atomic mass is 10.1. The molecule has 0 atom stereocenters. The number of hydrogen-bond donors (Lipinski definition) is 1. The van der Waals surface area contributed by atoms with Gasteiger partial charge in [-0.05, 0) is 42.1 Å². The molecule has 0 bridgehead atoms. The molecule has 1 fully saturated rings. The van der Waals surface area contributed by atoms with Crippen molar-refractivity contribution in [2.75, 3.05) is 36.0 Å². The standard InChI is InChI=1S/C18H18N4O2S2/c1-11-10-25-15-14(11)20-18(26-17(15)24)22-8-6-21(7-9-22)13-4-2-12(3-5-13)16(19)23/h2-5,10H,6-9H2,1H3,(H2,19,23). The number of benzene rings is 1. The number of anilines is 2. The van der Waals surface area contributed by atoms with E-state index in [-0.39, 0.29) is 4.74 Å². The van der Waals surface area contributed by atoms with Crippen LogP contribution in [-0.4, -0.2) is 37.1 Å². The minimum Gasteiger partial charge on any atom is -0.368 e. The molecule has 2 aromatic heterocycles. The molecule has 1 saturated heterocycles. The minimum absolute atomic E-state index is 0.0903. The van der Waals surface area contributed by atoms with E-state index < -0.39 is 5.91 Å². The van der Waals surface area contributed by atoms with E-state index in [0.717, 1.165) is 52.8 Å². The van der Waals surface area contributed by atoms with Gasteiger partial charge in [-0.1, -0.05) is 11.3 Å². The highest BCUT2D eigenvalue weighted by molar-refractivity contribution is 7.21. The second-order valence-electron chi connectivity index (χ2n) is 6.27.